The van der Waals surface area contributed by atoms with E-state index in [4.69, 9.17) is 0 Å². The quantitative estimate of drug-likeness (QED) is 0.302. The summed E-state index contributed by atoms with van der Waals surface area (Å²) < 4.78 is 1.87. The lowest BCUT2D eigenvalue weighted by Gasteiger charge is -2.08. The Morgan fingerprint density at radius 2 is 1.93 bits per heavy atom. The average Bonchev–Trinajstić information content (AvgIpc) is 2.21. The lowest BCUT2D eigenvalue weighted by Crippen LogP contribution is -2.26. The van der Waals surface area contributed by atoms with Crippen molar-refractivity contribution in [3.8, 4) is 0 Å². The molecule has 0 radical (unpaired) electrons. The fraction of sp³-hybridized carbons (Fsp3) is 0.400. The minimum Gasteiger partial charge on any atom is -0.804 e. The maximum absolute atomic E-state index is 10.8. The Hall–Kier alpha value is -1.78. The Labute approximate surface area is 88.1 Å². The molecule has 0 N–H and O–H groups in total. The van der Waals surface area contributed by atoms with Crippen molar-refractivity contribution in [3.63, 3.8) is 0 Å². The first-order valence-electron chi connectivity index (χ1n) is 4.82. The van der Waals surface area contributed by atoms with E-state index >= 15 is 0 Å². The van der Waals surface area contributed by atoms with Gasteiger partial charge in [0.25, 0.3) is 5.71 Å². The van der Waals surface area contributed by atoms with Crippen LogP contribution < -0.4 is 0 Å². The van der Waals surface area contributed by atoms with Crippen LogP contribution in [0.3, 0.4) is 0 Å². The van der Waals surface area contributed by atoms with Crippen molar-refractivity contribution in [2.75, 3.05) is 13.1 Å². The van der Waals surface area contributed by atoms with Crippen LogP contribution in [-0.4, -0.2) is 34.0 Å². The van der Waals surface area contributed by atoms with Crippen molar-refractivity contribution in [3.05, 3.63) is 39.4 Å². The molecule has 0 bridgehead atoms. The molecule has 0 spiro atoms. The van der Waals surface area contributed by atoms with Gasteiger partial charge in [-0.2, -0.15) is 5.71 Å². The van der Waals surface area contributed by atoms with E-state index in [9.17, 15) is 15.5 Å². The fourth-order valence-electron chi connectivity index (χ4n) is 1.49. The van der Waals surface area contributed by atoms with Crippen molar-refractivity contribution < 1.29 is 9.50 Å². The minimum atomic E-state index is -0.479. The normalized spacial score (nSPS) is 15.2. The number of nitrogens with zero attached hydrogens (tertiary/aromatic N) is 3. The maximum Gasteiger partial charge on any atom is 0.338 e. The van der Waals surface area contributed by atoms with Crippen LogP contribution in [-0.2, 0) is 0 Å². The summed E-state index contributed by atoms with van der Waals surface area (Å²) in [7, 11) is 0. The van der Waals surface area contributed by atoms with Crippen molar-refractivity contribution in [2.24, 2.45) is 0 Å². The fourth-order valence-corrected chi connectivity index (χ4v) is 1.49. The molecule has 5 heteroatoms. The van der Waals surface area contributed by atoms with Gasteiger partial charge >= 0.3 is 5.70 Å². The molecule has 0 saturated heterocycles. The van der Waals surface area contributed by atoms with Crippen LogP contribution in [0.4, 0.5) is 0 Å². The molecule has 0 atom stereocenters. The highest BCUT2D eigenvalue weighted by atomic mass is 16.6. The summed E-state index contributed by atoms with van der Waals surface area (Å²) in [5.74, 6) is 0. The van der Waals surface area contributed by atoms with Gasteiger partial charge in [0.1, 0.15) is 13.1 Å². The predicted molar refractivity (Wildman–Crippen MR) is 58.9 cm³/mol. The summed E-state index contributed by atoms with van der Waals surface area (Å²) in [6.45, 7) is 5.25. The van der Waals surface area contributed by atoms with E-state index in [1.807, 2.05) is 18.4 Å². The van der Waals surface area contributed by atoms with E-state index in [2.05, 4.69) is 0 Å². The molecule has 0 fully saturated rings. The molecule has 0 saturated carbocycles. The smallest absolute Gasteiger partial charge is 0.338 e. The van der Waals surface area contributed by atoms with Crippen molar-refractivity contribution in [1.82, 2.24) is 0 Å². The number of hydrogen-bond donors (Lipinski definition) is 0. The van der Waals surface area contributed by atoms with E-state index in [1.54, 1.807) is 6.08 Å². The standard InChI is InChI=1S/C10H13N3O2/c1-3-12(4-2)9-6-5-8(11)7-10(9)13(14)15/h5-7H,3-4H2,1-2H3. The van der Waals surface area contributed by atoms with Gasteiger partial charge < -0.3 is 5.41 Å². The zero-order chi connectivity index (χ0) is 11.4. The van der Waals surface area contributed by atoms with E-state index in [0.717, 1.165) is 0 Å². The zero-order valence-electron chi connectivity index (χ0n) is 8.80. The molecule has 1 aliphatic carbocycles. The minimum absolute atomic E-state index is 0.0568. The molecule has 0 aromatic carbocycles. The molecule has 1 aliphatic rings. The Morgan fingerprint density at radius 3 is 2.40 bits per heavy atom. The first kappa shape index (κ1) is 11.3. The van der Waals surface area contributed by atoms with E-state index < -0.39 is 4.92 Å². The first-order chi connectivity index (χ1) is 7.10. The zero-order valence-corrected chi connectivity index (χ0v) is 8.80. The molecular weight excluding hydrogens is 194 g/mol. The van der Waals surface area contributed by atoms with Gasteiger partial charge in [-0.05, 0) is 13.8 Å². The maximum atomic E-state index is 10.8. The van der Waals surface area contributed by atoms with Crippen LogP contribution in [0.15, 0.2) is 23.9 Å². The molecule has 0 aromatic heterocycles. The second-order valence-electron chi connectivity index (χ2n) is 3.10. The van der Waals surface area contributed by atoms with E-state index in [0.29, 0.717) is 18.8 Å². The van der Waals surface area contributed by atoms with Crippen LogP contribution >= 0.6 is 0 Å². The van der Waals surface area contributed by atoms with E-state index in [1.165, 1.54) is 12.2 Å². The summed E-state index contributed by atoms with van der Waals surface area (Å²) in [4.78, 5) is 10.3. The molecule has 0 amide bonds. The monoisotopic (exact) mass is 207 g/mol. The molecule has 0 aliphatic heterocycles. The Bertz CT molecular complexity index is 385. The third-order valence-electron chi connectivity index (χ3n) is 2.26. The van der Waals surface area contributed by atoms with Gasteiger partial charge in [-0.25, -0.2) is 4.58 Å². The third-order valence-corrected chi connectivity index (χ3v) is 2.26. The van der Waals surface area contributed by atoms with Gasteiger partial charge in [-0.1, -0.05) is 6.08 Å². The van der Waals surface area contributed by atoms with Gasteiger partial charge in [0, 0.05) is 12.2 Å². The van der Waals surface area contributed by atoms with Crippen LogP contribution in [0, 0.1) is 10.1 Å². The molecule has 15 heavy (non-hydrogen) atoms. The number of rotatable bonds is 3. The van der Waals surface area contributed by atoms with Crippen molar-refractivity contribution in [2.45, 2.75) is 13.8 Å². The summed E-state index contributed by atoms with van der Waals surface area (Å²) >= 11 is 0. The van der Waals surface area contributed by atoms with Crippen LogP contribution in [0.1, 0.15) is 13.8 Å². The predicted octanol–water partition coefficient (Wildman–Crippen LogP) is 1.22. The molecule has 1 rings (SSSR count). The molecule has 5 nitrogen and oxygen atoms in total. The highest BCUT2D eigenvalue weighted by Crippen LogP contribution is 2.08. The highest BCUT2D eigenvalue weighted by Gasteiger charge is 2.26. The third kappa shape index (κ3) is 2.37. The topological polar surface area (TPSA) is 68.5 Å². The largest absolute Gasteiger partial charge is 0.804 e. The summed E-state index contributed by atoms with van der Waals surface area (Å²) in [6, 6.07) is 0. The molecule has 0 aromatic rings. The Balaban J connectivity index is 3.24. The van der Waals surface area contributed by atoms with Crippen molar-refractivity contribution >= 4 is 11.4 Å². The second kappa shape index (κ2) is 4.63. The number of nitro groups is 1. The Kier molecular flexibility index (Phi) is 3.49. The van der Waals surface area contributed by atoms with E-state index in [-0.39, 0.29) is 11.4 Å². The highest BCUT2D eigenvalue weighted by molar-refractivity contribution is 6.19. The average molecular weight is 207 g/mol. The van der Waals surface area contributed by atoms with Gasteiger partial charge in [0.05, 0.1) is 4.92 Å². The van der Waals surface area contributed by atoms with Gasteiger partial charge in [-0.3, -0.25) is 10.1 Å². The lowest BCUT2D eigenvalue weighted by atomic mass is 10.1. The molecular formula is C10H13N3O2. The van der Waals surface area contributed by atoms with Crippen LogP contribution in [0.2, 0.25) is 0 Å². The number of allylic oxidation sites excluding steroid dienone is 3. The summed E-state index contributed by atoms with van der Waals surface area (Å²) in [5.41, 5.74) is 0.402. The van der Waals surface area contributed by atoms with Gasteiger partial charge in [-0.15, -0.1) is 0 Å². The molecule has 0 heterocycles. The Morgan fingerprint density at radius 1 is 1.33 bits per heavy atom. The first-order valence-corrected chi connectivity index (χ1v) is 4.82. The van der Waals surface area contributed by atoms with Gasteiger partial charge in [0.2, 0.25) is 0 Å². The summed E-state index contributed by atoms with van der Waals surface area (Å²) in [6.07, 6.45) is 4.20. The summed E-state index contributed by atoms with van der Waals surface area (Å²) in [5, 5.41) is 20.0. The molecule has 80 valence electrons. The van der Waals surface area contributed by atoms with Crippen LogP contribution in [0.25, 0.3) is 5.41 Å². The van der Waals surface area contributed by atoms with Crippen molar-refractivity contribution in [1.29, 1.82) is 0 Å². The molecule has 0 unspecified atom stereocenters. The second-order valence-corrected chi connectivity index (χ2v) is 3.10. The lowest BCUT2D eigenvalue weighted by molar-refractivity contribution is -0.526. The SMILES string of the molecule is CC[N+](CC)=C1C=CC(=[N-])C=C1[N+](=O)[O-]. The van der Waals surface area contributed by atoms with Gasteiger partial charge in [0.15, 0.2) is 0 Å². The number of hydrogen-bond acceptors (Lipinski definition) is 2. The van der Waals surface area contributed by atoms with Crippen LogP contribution in [0.5, 0.6) is 0 Å².